The Kier molecular flexibility index (Phi) is 7.15. The van der Waals surface area contributed by atoms with E-state index in [2.05, 4.69) is 0 Å². The first-order chi connectivity index (χ1) is 4.48. The molecule has 2 nitrogen and oxygen atoms in total. The van der Waals surface area contributed by atoms with E-state index in [0.29, 0.717) is 0 Å². The van der Waals surface area contributed by atoms with Crippen molar-refractivity contribution in [1.82, 2.24) is 0 Å². The molecule has 0 aromatic rings. The third-order valence-electron chi connectivity index (χ3n) is 1.35. The molecule has 0 amide bonds. The van der Waals surface area contributed by atoms with E-state index < -0.39 is 5.60 Å². The van der Waals surface area contributed by atoms with Crippen LogP contribution >= 0.6 is 0 Å². The SMILES string of the molecule is CC.CCC(N)C(C)(C)O. The van der Waals surface area contributed by atoms with Gasteiger partial charge in [-0.1, -0.05) is 20.8 Å². The van der Waals surface area contributed by atoms with Crippen LogP contribution < -0.4 is 5.73 Å². The molecule has 0 saturated carbocycles. The van der Waals surface area contributed by atoms with Gasteiger partial charge in [-0.3, -0.25) is 0 Å². The molecule has 0 fully saturated rings. The van der Waals surface area contributed by atoms with Crippen LogP contribution in [-0.2, 0) is 0 Å². The van der Waals surface area contributed by atoms with Crippen LogP contribution in [0.1, 0.15) is 41.0 Å². The monoisotopic (exact) mass is 147 g/mol. The van der Waals surface area contributed by atoms with Gasteiger partial charge in [0, 0.05) is 6.04 Å². The molecule has 0 saturated heterocycles. The van der Waals surface area contributed by atoms with Gasteiger partial charge in [-0.25, -0.2) is 0 Å². The smallest absolute Gasteiger partial charge is 0.0741 e. The lowest BCUT2D eigenvalue weighted by atomic mass is 9.98. The second kappa shape index (κ2) is 5.69. The normalized spacial score (nSPS) is 13.5. The summed E-state index contributed by atoms with van der Waals surface area (Å²) in [7, 11) is 0. The molecular weight excluding hydrogens is 126 g/mol. The van der Waals surface area contributed by atoms with Crippen LogP contribution in [-0.4, -0.2) is 16.7 Å². The lowest BCUT2D eigenvalue weighted by Gasteiger charge is -2.23. The first-order valence-corrected chi connectivity index (χ1v) is 3.96. The standard InChI is InChI=1S/C6H15NO.C2H6/c1-4-5(7)6(2,3)8;1-2/h5,8H,4,7H2,1-3H3;1-2H3. The van der Waals surface area contributed by atoms with Gasteiger partial charge >= 0.3 is 0 Å². The quantitative estimate of drug-likeness (QED) is 0.622. The van der Waals surface area contributed by atoms with Gasteiger partial charge in [-0.15, -0.1) is 0 Å². The zero-order valence-corrected chi connectivity index (χ0v) is 7.81. The Hall–Kier alpha value is -0.0800. The second-order valence-corrected chi connectivity index (χ2v) is 2.67. The van der Waals surface area contributed by atoms with Crippen LogP contribution in [0.25, 0.3) is 0 Å². The molecule has 1 unspecified atom stereocenters. The fraction of sp³-hybridized carbons (Fsp3) is 1.00. The topological polar surface area (TPSA) is 46.2 Å². The summed E-state index contributed by atoms with van der Waals surface area (Å²) in [5.41, 5.74) is 4.79. The van der Waals surface area contributed by atoms with E-state index in [1.807, 2.05) is 20.8 Å². The van der Waals surface area contributed by atoms with Crippen LogP contribution in [0.2, 0.25) is 0 Å². The van der Waals surface area contributed by atoms with Crippen molar-refractivity contribution in [1.29, 1.82) is 0 Å². The highest BCUT2D eigenvalue weighted by molar-refractivity contribution is 4.78. The fourth-order valence-electron chi connectivity index (χ4n) is 0.500. The van der Waals surface area contributed by atoms with Gasteiger partial charge in [0.15, 0.2) is 0 Å². The summed E-state index contributed by atoms with van der Waals surface area (Å²) in [4.78, 5) is 0. The Bertz CT molecular complexity index is 66.1. The molecule has 0 aliphatic rings. The van der Waals surface area contributed by atoms with E-state index in [4.69, 9.17) is 10.8 Å². The molecule has 0 aliphatic carbocycles. The molecule has 10 heavy (non-hydrogen) atoms. The van der Waals surface area contributed by atoms with Crippen molar-refractivity contribution in [3.05, 3.63) is 0 Å². The summed E-state index contributed by atoms with van der Waals surface area (Å²) in [6.45, 7) is 9.41. The van der Waals surface area contributed by atoms with E-state index in [9.17, 15) is 0 Å². The second-order valence-electron chi connectivity index (χ2n) is 2.67. The van der Waals surface area contributed by atoms with E-state index in [0.717, 1.165) is 6.42 Å². The number of hydrogen-bond donors (Lipinski definition) is 2. The predicted octanol–water partition coefficient (Wildman–Crippen LogP) is 1.52. The minimum atomic E-state index is -0.714. The molecule has 0 aliphatic heterocycles. The van der Waals surface area contributed by atoms with Crippen LogP contribution in [0.4, 0.5) is 0 Å². The van der Waals surface area contributed by atoms with E-state index in [-0.39, 0.29) is 6.04 Å². The zero-order valence-electron chi connectivity index (χ0n) is 7.81. The van der Waals surface area contributed by atoms with E-state index >= 15 is 0 Å². The fourth-order valence-corrected chi connectivity index (χ4v) is 0.500. The van der Waals surface area contributed by atoms with Gasteiger partial charge in [0.25, 0.3) is 0 Å². The number of nitrogens with two attached hydrogens (primary N) is 1. The van der Waals surface area contributed by atoms with Crippen molar-refractivity contribution < 1.29 is 5.11 Å². The molecule has 3 N–H and O–H groups in total. The Balaban J connectivity index is 0. The average Bonchev–Trinajstić information content (AvgIpc) is 1.89. The van der Waals surface area contributed by atoms with Crippen LogP contribution in [0.3, 0.4) is 0 Å². The maximum atomic E-state index is 9.16. The summed E-state index contributed by atoms with van der Waals surface area (Å²) in [6, 6.07) is -0.0949. The molecule has 0 rings (SSSR count). The van der Waals surface area contributed by atoms with E-state index in [1.165, 1.54) is 0 Å². The third-order valence-corrected chi connectivity index (χ3v) is 1.35. The Morgan fingerprint density at radius 2 is 1.70 bits per heavy atom. The minimum Gasteiger partial charge on any atom is -0.389 e. The summed E-state index contributed by atoms with van der Waals surface area (Å²) < 4.78 is 0. The Morgan fingerprint density at radius 1 is 1.40 bits per heavy atom. The molecule has 0 heterocycles. The van der Waals surface area contributed by atoms with Gasteiger partial charge in [0.2, 0.25) is 0 Å². The molecular formula is C8H21NO. The lowest BCUT2D eigenvalue weighted by molar-refractivity contribution is 0.0508. The molecule has 2 heteroatoms. The van der Waals surface area contributed by atoms with Gasteiger partial charge in [-0.2, -0.15) is 0 Å². The largest absolute Gasteiger partial charge is 0.389 e. The number of rotatable bonds is 2. The maximum Gasteiger partial charge on any atom is 0.0741 e. The molecule has 0 radical (unpaired) electrons. The van der Waals surface area contributed by atoms with Crippen molar-refractivity contribution in [2.24, 2.45) is 5.73 Å². The highest BCUT2D eigenvalue weighted by Gasteiger charge is 2.19. The van der Waals surface area contributed by atoms with Gasteiger partial charge in [-0.05, 0) is 20.3 Å². The lowest BCUT2D eigenvalue weighted by Crippen LogP contribution is -2.42. The van der Waals surface area contributed by atoms with Crippen molar-refractivity contribution in [3.8, 4) is 0 Å². The van der Waals surface area contributed by atoms with Crippen molar-refractivity contribution in [3.63, 3.8) is 0 Å². The first-order valence-electron chi connectivity index (χ1n) is 3.96. The van der Waals surface area contributed by atoms with E-state index in [1.54, 1.807) is 13.8 Å². The van der Waals surface area contributed by atoms with Gasteiger partial charge in [0.05, 0.1) is 5.60 Å². The van der Waals surface area contributed by atoms with Crippen molar-refractivity contribution in [2.45, 2.75) is 52.7 Å². The highest BCUT2D eigenvalue weighted by atomic mass is 16.3. The molecule has 0 aromatic heterocycles. The third kappa shape index (κ3) is 6.05. The van der Waals surface area contributed by atoms with Crippen molar-refractivity contribution >= 4 is 0 Å². The Morgan fingerprint density at radius 3 is 1.70 bits per heavy atom. The molecule has 0 bridgehead atoms. The molecule has 0 aromatic carbocycles. The summed E-state index contributed by atoms with van der Waals surface area (Å²) >= 11 is 0. The number of hydrogen-bond acceptors (Lipinski definition) is 2. The molecule has 1 atom stereocenters. The summed E-state index contributed by atoms with van der Waals surface area (Å²) in [5, 5.41) is 9.16. The van der Waals surface area contributed by atoms with Crippen molar-refractivity contribution in [2.75, 3.05) is 0 Å². The van der Waals surface area contributed by atoms with Crippen LogP contribution in [0.5, 0.6) is 0 Å². The number of aliphatic hydroxyl groups is 1. The highest BCUT2D eigenvalue weighted by Crippen LogP contribution is 2.07. The van der Waals surface area contributed by atoms with Gasteiger partial charge in [0.1, 0.15) is 0 Å². The van der Waals surface area contributed by atoms with Gasteiger partial charge < -0.3 is 10.8 Å². The zero-order chi connectivity index (χ0) is 8.78. The van der Waals surface area contributed by atoms with Crippen LogP contribution in [0.15, 0.2) is 0 Å². The molecule has 64 valence electrons. The Labute approximate surface area is 64.4 Å². The summed E-state index contributed by atoms with van der Waals surface area (Å²) in [6.07, 6.45) is 0.823. The average molecular weight is 147 g/mol. The maximum absolute atomic E-state index is 9.16. The van der Waals surface area contributed by atoms with Crippen LogP contribution in [0, 0.1) is 0 Å². The summed E-state index contributed by atoms with van der Waals surface area (Å²) in [5.74, 6) is 0. The predicted molar refractivity (Wildman–Crippen MR) is 45.9 cm³/mol. The first kappa shape index (κ1) is 12.6. The molecule has 0 spiro atoms. The minimum absolute atomic E-state index is 0.0949.